The molecule has 0 fully saturated rings. The van der Waals surface area contributed by atoms with Crippen LogP contribution in [0, 0.1) is 0 Å². The van der Waals surface area contributed by atoms with E-state index in [1.165, 1.54) is 23.0 Å². The first kappa shape index (κ1) is 22.7. The third-order valence-electron chi connectivity index (χ3n) is 5.04. The number of methoxy groups -OCH3 is 1. The van der Waals surface area contributed by atoms with Crippen LogP contribution in [0.5, 0.6) is 0 Å². The highest BCUT2D eigenvalue weighted by molar-refractivity contribution is 5.91. The molecule has 0 aliphatic carbocycles. The van der Waals surface area contributed by atoms with Crippen molar-refractivity contribution in [3.8, 4) is 0 Å². The summed E-state index contributed by atoms with van der Waals surface area (Å²) in [5.41, 5.74) is 4.05. The number of hydrogen-bond acceptors (Lipinski definition) is 5. The largest absolute Gasteiger partial charge is 0.447 e. The van der Waals surface area contributed by atoms with Crippen LogP contribution in [0.25, 0.3) is 0 Å². The van der Waals surface area contributed by atoms with Crippen LogP contribution in [-0.4, -0.2) is 36.1 Å². The molecule has 0 unspecified atom stereocenters. The number of amides is 1. The molecule has 1 aromatic heterocycles. The third kappa shape index (κ3) is 7.05. The Labute approximate surface area is 184 Å². The van der Waals surface area contributed by atoms with Crippen LogP contribution in [0.15, 0.2) is 65.3 Å². The Morgan fingerprint density at radius 3 is 2.35 bits per heavy atom. The quantitative estimate of drug-likeness (QED) is 0.466. The van der Waals surface area contributed by atoms with Crippen molar-refractivity contribution in [2.24, 2.45) is 0 Å². The fraction of sp³-hybridized carbons (Fsp3) is 0.360. The summed E-state index contributed by atoms with van der Waals surface area (Å²) >= 11 is 0. The van der Waals surface area contributed by atoms with Gasteiger partial charge in [0.15, 0.2) is 5.69 Å². The van der Waals surface area contributed by atoms with E-state index in [0.29, 0.717) is 31.5 Å². The summed E-state index contributed by atoms with van der Waals surface area (Å²) in [5, 5.41) is 2.76. The van der Waals surface area contributed by atoms with Crippen LogP contribution in [0.3, 0.4) is 0 Å². The lowest BCUT2D eigenvalue weighted by molar-refractivity contribution is 0.0932. The van der Waals surface area contributed by atoms with E-state index in [4.69, 9.17) is 9.15 Å². The zero-order chi connectivity index (χ0) is 22.1. The number of carbonyl (C=O) groups excluding carboxylic acids is 1. The van der Waals surface area contributed by atoms with Gasteiger partial charge in [0.1, 0.15) is 6.26 Å². The fourth-order valence-electron chi connectivity index (χ4n) is 3.31. The summed E-state index contributed by atoms with van der Waals surface area (Å²) in [6, 6.07) is 19.0. The normalized spacial score (nSPS) is 11.3. The van der Waals surface area contributed by atoms with Crippen molar-refractivity contribution in [2.45, 2.75) is 39.4 Å². The number of benzene rings is 2. The number of hydrogen-bond donors (Lipinski definition) is 1. The van der Waals surface area contributed by atoms with Gasteiger partial charge in [0, 0.05) is 26.7 Å². The summed E-state index contributed by atoms with van der Waals surface area (Å²) in [6.45, 7) is 7.30. The second-order valence-corrected chi connectivity index (χ2v) is 7.90. The minimum atomic E-state index is -0.258. The summed E-state index contributed by atoms with van der Waals surface area (Å²) in [5.74, 6) is 0.771. The molecule has 0 radical (unpaired) electrons. The standard InChI is InChI=1S/C25H31N3O3/c1-19(2)22-11-9-21(10-12-22)16-28(15-20-7-5-4-6-8-20)17-24-27-23(18-31-24)25(29)26-13-14-30-3/h4-12,18-19H,13-17H2,1-3H3,(H,26,29). The van der Waals surface area contributed by atoms with Crippen LogP contribution < -0.4 is 5.32 Å². The fourth-order valence-corrected chi connectivity index (χ4v) is 3.31. The van der Waals surface area contributed by atoms with Crippen LogP contribution in [0.1, 0.15) is 52.8 Å². The molecular formula is C25H31N3O3. The number of ether oxygens (including phenoxy) is 1. The van der Waals surface area contributed by atoms with Crippen LogP contribution in [0.2, 0.25) is 0 Å². The maximum absolute atomic E-state index is 12.2. The third-order valence-corrected chi connectivity index (χ3v) is 5.04. The smallest absolute Gasteiger partial charge is 0.273 e. The first-order valence-corrected chi connectivity index (χ1v) is 10.6. The second kappa shape index (κ2) is 11.4. The predicted molar refractivity (Wildman–Crippen MR) is 121 cm³/mol. The molecular weight excluding hydrogens is 390 g/mol. The highest BCUT2D eigenvalue weighted by atomic mass is 16.5. The van der Waals surface area contributed by atoms with Gasteiger partial charge in [-0.05, 0) is 22.6 Å². The van der Waals surface area contributed by atoms with Crippen LogP contribution >= 0.6 is 0 Å². The molecule has 3 rings (SSSR count). The van der Waals surface area contributed by atoms with Crippen LogP contribution in [-0.2, 0) is 24.4 Å². The Kier molecular flexibility index (Phi) is 8.38. The van der Waals surface area contributed by atoms with E-state index in [2.05, 4.69) is 65.4 Å². The summed E-state index contributed by atoms with van der Waals surface area (Å²) in [4.78, 5) is 18.8. The van der Waals surface area contributed by atoms with Crippen molar-refractivity contribution in [1.29, 1.82) is 0 Å². The Bertz CT molecular complexity index is 936. The SMILES string of the molecule is COCCNC(=O)c1coc(CN(Cc2ccccc2)Cc2ccc(C(C)C)cc2)n1. The van der Waals surface area contributed by atoms with E-state index in [-0.39, 0.29) is 11.6 Å². The van der Waals surface area contributed by atoms with Crippen molar-refractivity contribution in [2.75, 3.05) is 20.3 Å². The van der Waals surface area contributed by atoms with Crippen molar-refractivity contribution < 1.29 is 13.9 Å². The first-order chi connectivity index (χ1) is 15.0. The average molecular weight is 422 g/mol. The first-order valence-electron chi connectivity index (χ1n) is 10.6. The lowest BCUT2D eigenvalue weighted by Gasteiger charge is -2.21. The number of carbonyl (C=O) groups is 1. The number of oxazole rings is 1. The minimum Gasteiger partial charge on any atom is -0.447 e. The van der Waals surface area contributed by atoms with Gasteiger partial charge in [-0.15, -0.1) is 0 Å². The van der Waals surface area contributed by atoms with Gasteiger partial charge in [0.25, 0.3) is 5.91 Å². The lowest BCUT2D eigenvalue weighted by atomic mass is 10.0. The monoisotopic (exact) mass is 421 g/mol. The maximum atomic E-state index is 12.2. The molecule has 0 spiro atoms. The predicted octanol–water partition coefficient (Wildman–Crippen LogP) is 4.38. The Hall–Kier alpha value is -2.96. The van der Waals surface area contributed by atoms with E-state index in [1.54, 1.807) is 7.11 Å². The number of nitrogens with zero attached hydrogens (tertiary/aromatic N) is 2. The number of rotatable bonds is 11. The van der Waals surface area contributed by atoms with Crippen LogP contribution in [0.4, 0.5) is 0 Å². The van der Waals surface area contributed by atoms with E-state index in [9.17, 15) is 4.79 Å². The molecule has 0 aliphatic heterocycles. The maximum Gasteiger partial charge on any atom is 0.273 e. The van der Waals surface area contributed by atoms with Gasteiger partial charge < -0.3 is 14.5 Å². The molecule has 0 bridgehead atoms. The van der Waals surface area contributed by atoms with Crippen molar-refractivity contribution in [3.05, 3.63) is 89.1 Å². The van der Waals surface area contributed by atoms with E-state index >= 15 is 0 Å². The van der Waals surface area contributed by atoms with Gasteiger partial charge in [0.05, 0.1) is 13.2 Å². The van der Waals surface area contributed by atoms with Gasteiger partial charge in [0.2, 0.25) is 5.89 Å². The molecule has 6 heteroatoms. The van der Waals surface area contributed by atoms with Gasteiger partial charge in [-0.25, -0.2) is 4.98 Å². The highest BCUT2D eigenvalue weighted by Crippen LogP contribution is 2.18. The van der Waals surface area contributed by atoms with E-state index in [0.717, 1.165) is 13.1 Å². The number of aromatic nitrogens is 1. The minimum absolute atomic E-state index is 0.258. The second-order valence-electron chi connectivity index (χ2n) is 7.90. The van der Waals surface area contributed by atoms with E-state index < -0.39 is 0 Å². The Morgan fingerprint density at radius 1 is 1.03 bits per heavy atom. The number of nitrogens with one attached hydrogen (secondary N) is 1. The molecule has 31 heavy (non-hydrogen) atoms. The summed E-state index contributed by atoms with van der Waals surface area (Å²) in [7, 11) is 1.60. The molecule has 6 nitrogen and oxygen atoms in total. The average Bonchev–Trinajstić information content (AvgIpc) is 3.23. The van der Waals surface area contributed by atoms with Crippen molar-refractivity contribution >= 4 is 5.91 Å². The molecule has 0 atom stereocenters. The molecule has 0 aliphatic rings. The summed E-state index contributed by atoms with van der Waals surface area (Å²) < 4.78 is 10.6. The van der Waals surface area contributed by atoms with Gasteiger partial charge >= 0.3 is 0 Å². The zero-order valence-corrected chi connectivity index (χ0v) is 18.5. The van der Waals surface area contributed by atoms with Gasteiger partial charge in [-0.2, -0.15) is 0 Å². The molecule has 164 valence electrons. The topological polar surface area (TPSA) is 67.6 Å². The molecule has 0 saturated carbocycles. The lowest BCUT2D eigenvalue weighted by Crippen LogP contribution is -2.27. The molecule has 0 saturated heterocycles. The molecule has 1 amide bonds. The van der Waals surface area contributed by atoms with Gasteiger partial charge in [-0.3, -0.25) is 9.69 Å². The molecule has 1 N–H and O–H groups in total. The Morgan fingerprint density at radius 2 is 1.71 bits per heavy atom. The molecule has 1 heterocycles. The molecule has 2 aromatic carbocycles. The summed E-state index contributed by atoms with van der Waals surface area (Å²) in [6.07, 6.45) is 1.41. The van der Waals surface area contributed by atoms with Gasteiger partial charge in [-0.1, -0.05) is 68.4 Å². The van der Waals surface area contributed by atoms with E-state index in [1.807, 2.05) is 18.2 Å². The van der Waals surface area contributed by atoms with Crippen molar-refractivity contribution in [3.63, 3.8) is 0 Å². The highest BCUT2D eigenvalue weighted by Gasteiger charge is 2.16. The Balaban J connectivity index is 1.70. The van der Waals surface area contributed by atoms with Crippen molar-refractivity contribution in [1.82, 2.24) is 15.2 Å². The molecule has 3 aromatic rings. The zero-order valence-electron chi connectivity index (χ0n) is 18.5.